The number of hydrogen-bond acceptors (Lipinski definition) is 8. The monoisotopic (exact) mass is 574 g/mol. The SMILES string of the molecule is CC(C)(C)OC(=O)N[C@]1(C(=O)O)[C@@H]2[C@@H](C(=O)O)[C@@H]2[C@H](Sc2nccs2)[C@H]1OCc1ccc(Cl)c(Cl)c1. The number of thioether (sulfide) groups is 1. The van der Waals surface area contributed by atoms with E-state index in [0.717, 1.165) is 0 Å². The Morgan fingerprint density at radius 3 is 2.50 bits per heavy atom. The van der Waals surface area contributed by atoms with Crippen molar-refractivity contribution in [1.29, 1.82) is 0 Å². The molecule has 36 heavy (non-hydrogen) atoms. The number of ether oxygens (including phenoxy) is 2. The number of fused-ring (bicyclic) bond motifs is 1. The molecule has 194 valence electrons. The van der Waals surface area contributed by atoms with Gasteiger partial charge >= 0.3 is 18.0 Å². The fraction of sp³-hybridized carbons (Fsp3) is 0.478. The number of carbonyl (C=O) groups is 3. The molecule has 0 unspecified atom stereocenters. The molecule has 1 amide bonds. The minimum absolute atomic E-state index is 0.0430. The van der Waals surface area contributed by atoms with Crippen molar-refractivity contribution >= 4 is 64.3 Å². The molecule has 4 rings (SSSR count). The normalized spacial score (nSPS) is 28.9. The van der Waals surface area contributed by atoms with E-state index in [9.17, 15) is 24.6 Å². The number of carboxylic acid groups (broad SMARTS) is 2. The van der Waals surface area contributed by atoms with Gasteiger partial charge in [-0.1, -0.05) is 41.0 Å². The molecule has 3 N–H and O–H groups in total. The molecule has 2 aliphatic carbocycles. The number of thiazole rings is 1. The van der Waals surface area contributed by atoms with Gasteiger partial charge in [0.15, 0.2) is 5.54 Å². The highest BCUT2D eigenvalue weighted by Crippen LogP contribution is 2.67. The summed E-state index contributed by atoms with van der Waals surface area (Å²) in [5.74, 6) is -4.97. The lowest BCUT2D eigenvalue weighted by molar-refractivity contribution is -0.155. The van der Waals surface area contributed by atoms with Gasteiger partial charge in [-0.25, -0.2) is 14.6 Å². The van der Waals surface area contributed by atoms with E-state index >= 15 is 0 Å². The van der Waals surface area contributed by atoms with Crippen LogP contribution in [0.1, 0.15) is 26.3 Å². The van der Waals surface area contributed by atoms with Gasteiger partial charge in [0.1, 0.15) is 16.0 Å². The molecular weight excluding hydrogens is 551 g/mol. The smallest absolute Gasteiger partial charge is 0.408 e. The Hall–Kier alpha value is -2.05. The lowest BCUT2D eigenvalue weighted by Gasteiger charge is -2.38. The van der Waals surface area contributed by atoms with E-state index in [0.29, 0.717) is 19.9 Å². The summed E-state index contributed by atoms with van der Waals surface area (Å²) in [5.41, 5.74) is -2.31. The summed E-state index contributed by atoms with van der Waals surface area (Å²) in [7, 11) is 0. The van der Waals surface area contributed by atoms with E-state index in [4.69, 9.17) is 32.7 Å². The fourth-order valence-electron chi connectivity index (χ4n) is 4.81. The van der Waals surface area contributed by atoms with Crippen molar-refractivity contribution in [2.24, 2.45) is 17.8 Å². The Labute approximate surface area is 225 Å². The lowest BCUT2D eigenvalue weighted by atomic mass is 9.87. The van der Waals surface area contributed by atoms with Crippen LogP contribution >= 0.6 is 46.3 Å². The summed E-state index contributed by atoms with van der Waals surface area (Å²) in [6.07, 6.45) is -0.463. The molecule has 0 spiro atoms. The van der Waals surface area contributed by atoms with Gasteiger partial charge in [-0.05, 0) is 44.4 Å². The van der Waals surface area contributed by atoms with Gasteiger partial charge in [0, 0.05) is 22.7 Å². The zero-order valence-electron chi connectivity index (χ0n) is 19.4. The van der Waals surface area contributed by atoms with Crippen LogP contribution in [0.2, 0.25) is 10.0 Å². The number of nitrogens with zero attached hydrogens (tertiary/aromatic N) is 1. The Kier molecular flexibility index (Phi) is 7.51. The molecule has 9 nitrogen and oxygen atoms in total. The predicted octanol–water partition coefficient (Wildman–Crippen LogP) is 4.80. The zero-order valence-corrected chi connectivity index (χ0v) is 22.6. The summed E-state index contributed by atoms with van der Waals surface area (Å²) in [6.45, 7) is 4.90. The number of amides is 1. The maximum atomic E-state index is 12.9. The summed E-state index contributed by atoms with van der Waals surface area (Å²) in [4.78, 5) is 42.1. The number of alkyl carbamates (subject to hydrolysis) is 1. The molecule has 6 atom stereocenters. The van der Waals surface area contributed by atoms with Gasteiger partial charge in [0.25, 0.3) is 0 Å². The van der Waals surface area contributed by atoms with Crippen molar-refractivity contribution in [2.75, 3.05) is 0 Å². The van der Waals surface area contributed by atoms with Crippen LogP contribution < -0.4 is 5.32 Å². The van der Waals surface area contributed by atoms with E-state index in [1.165, 1.54) is 23.1 Å². The first-order chi connectivity index (χ1) is 16.8. The van der Waals surface area contributed by atoms with Crippen molar-refractivity contribution in [2.45, 2.75) is 54.2 Å². The molecule has 2 saturated carbocycles. The number of carbonyl (C=O) groups excluding carboxylic acids is 1. The van der Waals surface area contributed by atoms with Crippen LogP contribution in [0.3, 0.4) is 0 Å². The first kappa shape index (κ1) is 27.0. The van der Waals surface area contributed by atoms with Crippen LogP contribution in [0.4, 0.5) is 4.79 Å². The topological polar surface area (TPSA) is 135 Å². The minimum Gasteiger partial charge on any atom is -0.481 e. The molecule has 0 saturated heterocycles. The largest absolute Gasteiger partial charge is 0.481 e. The third-order valence-corrected chi connectivity index (χ3v) is 9.16. The number of carboxylic acids is 2. The molecule has 0 radical (unpaired) electrons. The molecule has 2 fully saturated rings. The van der Waals surface area contributed by atoms with E-state index in [1.807, 2.05) is 0 Å². The van der Waals surface area contributed by atoms with Crippen LogP contribution in [-0.4, -0.2) is 55.7 Å². The Morgan fingerprint density at radius 1 is 1.22 bits per heavy atom. The Morgan fingerprint density at radius 2 is 1.94 bits per heavy atom. The second-order valence-electron chi connectivity index (χ2n) is 9.63. The maximum Gasteiger partial charge on any atom is 0.408 e. The molecule has 1 heterocycles. The summed E-state index contributed by atoms with van der Waals surface area (Å²) in [5, 5.41) is 24.7. The second kappa shape index (κ2) is 10.0. The van der Waals surface area contributed by atoms with Gasteiger partial charge in [0.2, 0.25) is 0 Å². The number of aromatic nitrogens is 1. The second-order valence-corrected chi connectivity index (χ2v) is 12.8. The van der Waals surface area contributed by atoms with Gasteiger partial charge in [-0.2, -0.15) is 0 Å². The van der Waals surface area contributed by atoms with Crippen molar-refractivity contribution < 1.29 is 34.1 Å². The highest BCUT2D eigenvalue weighted by Gasteiger charge is 2.80. The average molecular weight is 575 g/mol. The van der Waals surface area contributed by atoms with Crippen molar-refractivity contribution in [3.63, 3.8) is 0 Å². The minimum atomic E-state index is -2.04. The van der Waals surface area contributed by atoms with Crippen LogP contribution in [0.25, 0.3) is 0 Å². The van der Waals surface area contributed by atoms with Crippen molar-refractivity contribution in [1.82, 2.24) is 10.3 Å². The number of benzene rings is 1. The maximum absolute atomic E-state index is 12.9. The molecule has 2 aliphatic rings. The quantitative estimate of drug-likeness (QED) is 0.406. The fourth-order valence-corrected chi connectivity index (χ4v) is 7.48. The molecule has 0 aliphatic heterocycles. The van der Waals surface area contributed by atoms with Gasteiger partial charge in [0.05, 0.1) is 22.6 Å². The predicted molar refractivity (Wildman–Crippen MR) is 135 cm³/mol. The van der Waals surface area contributed by atoms with E-state index in [1.54, 1.807) is 50.5 Å². The van der Waals surface area contributed by atoms with Crippen LogP contribution in [0, 0.1) is 17.8 Å². The highest BCUT2D eigenvalue weighted by molar-refractivity contribution is 8.01. The number of rotatable bonds is 8. The summed E-state index contributed by atoms with van der Waals surface area (Å²) < 4.78 is 12.2. The molecule has 2 aromatic rings. The number of halogens is 2. The van der Waals surface area contributed by atoms with Gasteiger partial charge in [-0.3, -0.25) is 4.79 Å². The summed E-state index contributed by atoms with van der Waals surface area (Å²) >= 11 is 14.7. The number of aliphatic carboxylic acids is 2. The number of hydrogen-bond donors (Lipinski definition) is 3. The lowest BCUT2D eigenvalue weighted by Crippen LogP contribution is -2.65. The first-order valence-electron chi connectivity index (χ1n) is 10.9. The zero-order chi connectivity index (χ0) is 26.4. The highest BCUT2D eigenvalue weighted by atomic mass is 35.5. The average Bonchev–Trinajstić information content (AvgIpc) is 3.19. The third kappa shape index (κ3) is 5.17. The summed E-state index contributed by atoms with van der Waals surface area (Å²) in [6, 6.07) is 4.89. The Balaban J connectivity index is 1.73. The van der Waals surface area contributed by atoms with Crippen LogP contribution in [0.15, 0.2) is 34.1 Å². The molecule has 0 bridgehead atoms. The molecular formula is C23H24Cl2N2O7S2. The molecule has 13 heteroatoms. The van der Waals surface area contributed by atoms with Crippen LogP contribution in [0.5, 0.6) is 0 Å². The first-order valence-corrected chi connectivity index (χ1v) is 13.5. The van der Waals surface area contributed by atoms with E-state index < -0.39 is 58.3 Å². The number of nitrogens with one attached hydrogen (secondary N) is 1. The van der Waals surface area contributed by atoms with E-state index in [2.05, 4.69) is 10.3 Å². The van der Waals surface area contributed by atoms with Crippen LogP contribution in [-0.2, 0) is 25.7 Å². The van der Waals surface area contributed by atoms with Crippen molar-refractivity contribution in [3.05, 3.63) is 45.4 Å². The van der Waals surface area contributed by atoms with Gasteiger partial charge in [-0.15, -0.1) is 11.3 Å². The van der Waals surface area contributed by atoms with Crippen molar-refractivity contribution in [3.8, 4) is 0 Å². The van der Waals surface area contributed by atoms with E-state index in [-0.39, 0.29) is 6.61 Å². The Bertz CT molecular complexity index is 1170. The standard InChI is InChI=1S/C23H24Cl2N2O7S2/c1-22(2,3)34-20(32)27-23(19(30)31)15-13(14(15)18(28)29)16(36-21-26-6-7-35-21)17(23)33-9-10-4-5-11(24)12(25)8-10/h4-8,13-17H,9H2,1-3H3,(H,27,32)(H,28,29)(H,30,31)/t13-,14-,15-,16-,17+,23+/m0/s1. The molecule has 1 aromatic carbocycles. The molecule has 1 aromatic heterocycles. The van der Waals surface area contributed by atoms with Gasteiger partial charge < -0.3 is 25.0 Å². The third-order valence-electron chi connectivity index (χ3n) is 6.13.